The molecule has 0 saturated carbocycles. The number of aryl methyl sites for hydroxylation is 1. The molecular formula is C13H16N6OS2. The summed E-state index contributed by atoms with van der Waals surface area (Å²) in [5.74, 6) is 8.80. The Balaban J connectivity index is 1.80. The van der Waals surface area contributed by atoms with Gasteiger partial charge < -0.3 is 10.3 Å². The zero-order valence-corrected chi connectivity index (χ0v) is 14.1. The van der Waals surface area contributed by atoms with Crippen molar-refractivity contribution in [1.29, 1.82) is 0 Å². The number of rotatable bonds is 5. The van der Waals surface area contributed by atoms with Crippen LogP contribution in [0.15, 0.2) is 26.2 Å². The van der Waals surface area contributed by atoms with Crippen LogP contribution in [0.3, 0.4) is 0 Å². The minimum Gasteiger partial charge on any atom is -0.469 e. The highest BCUT2D eigenvalue weighted by Gasteiger charge is 2.17. The van der Waals surface area contributed by atoms with E-state index in [4.69, 9.17) is 10.3 Å². The van der Waals surface area contributed by atoms with Crippen molar-refractivity contribution in [2.75, 3.05) is 5.84 Å². The molecule has 0 saturated heterocycles. The van der Waals surface area contributed by atoms with E-state index in [9.17, 15) is 0 Å². The van der Waals surface area contributed by atoms with Crippen molar-refractivity contribution in [3.63, 3.8) is 0 Å². The summed E-state index contributed by atoms with van der Waals surface area (Å²) in [6, 6.07) is 1.82. The lowest BCUT2D eigenvalue weighted by Crippen LogP contribution is -2.11. The van der Waals surface area contributed by atoms with Gasteiger partial charge in [-0.1, -0.05) is 13.8 Å². The van der Waals surface area contributed by atoms with Gasteiger partial charge in [0.25, 0.3) is 0 Å². The fourth-order valence-electron chi connectivity index (χ4n) is 1.95. The molecule has 0 radical (unpaired) electrons. The topological polar surface area (TPSA) is 95.6 Å². The molecule has 116 valence electrons. The lowest BCUT2D eigenvalue weighted by molar-refractivity contribution is 0.535. The molecule has 0 fully saturated rings. The third kappa shape index (κ3) is 3.00. The van der Waals surface area contributed by atoms with Gasteiger partial charge in [-0.3, -0.25) is 0 Å². The zero-order chi connectivity index (χ0) is 15.7. The molecule has 0 bridgehead atoms. The molecule has 7 nitrogen and oxygen atoms in total. The Morgan fingerprint density at radius 2 is 2.23 bits per heavy atom. The van der Waals surface area contributed by atoms with Crippen LogP contribution in [0.5, 0.6) is 0 Å². The van der Waals surface area contributed by atoms with E-state index >= 15 is 0 Å². The standard InChI is InChI=1S/C13H16N6OS2/c1-7(2)6-10-15-13(22-18-10)21-12-17-16-11(19(12)14)9-4-5-20-8(9)3/h4-5,7H,6,14H2,1-3H3. The second-order valence-corrected chi connectivity index (χ2v) is 7.21. The Kier molecular flexibility index (Phi) is 4.16. The fraction of sp³-hybridized carbons (Fsp3) is 0.385. The monoisotopic (exact) mass is 336 g/mol. The summed E-state index contributed by atoms with van der Waals surface area (Å²) in [6.45, 7) is 6.15. The van der Waals surface area contributed by atoms with Crippen molar-refractivity contribution in [2.45, 2.75) is 36.7 Å². The Morgan fingerprint density at radius 1 is 1.41 bits per heavy atom. The van der Waals surface area contributed by atoms with Crippen LogP contribution in [-0.4, -0.2) is 24.2 Å². The molecule has 0 aliphatic heterocycles. The van der Waals surface area contributed by atoms with E-state index in [0.717, 1.165) is 27.9 Å². The Bertz CT molecular complexity index is 775. The molecule has 9 heteroatoms. The normalized spacial score (nSPS) is 11.5. The van der Waals surface area contributed by atoms with Crippen molar-refractivity contribution in [2.24, 2.45) is 5.92 Å². The first-order valence-electron chi connectivity index (χ1n) is 6.80. The second-order valence-electron chi connectivity index (χ2n) is 5.24. The average molecular weight is 336 g/mol. The van der Waals surface area contributed by atoms with Crippen molar-refractivity contribution in [1.82, 2.24) is 24.2 Å². The minimum absolute atomic E-state index is 0.529. The van der Waals surface area contributed by atoms with E-state index in [2.05, 4.69) is 33.4 Å². The molecule has 0 aromatic carbocycles. The summed E-state index contributed by atoms with van der Waals surface area (Å²) in [4.78, 5) is 4.49. The molecule has 0 amide bonds. The molecule has 3 aromatic rings. The molecule has 3 aromatic heterocycles. The first-order valence-corrected chi connectivity index (χ1v) is 8.39. The van der Waals surface area contributed by atoms with Crippen molar-refractivity contribution in [3.05, 3.63) is 23.9 Å². The summed E-state index contributed by atoms with van der Waals surface area (Å²) in [5.41, 5.74) is 0.833. The Morgan fingerprint density at radius 3 is 2.91 bits per heavy atom. The van der Waals surface area contributed by atoms with Gasteiger partial charge >= 0.3 is 0 Å². The predicted octanol–water partition coefficient (Wildman–Crippen LogP) is 2.76. The number of nitrogen functional groups attached to an aromatic ring is 1. The van der Waals surface area contributed by atoms with Crippen LogP contribution in [0.25, 0.3) is 11.4 Å². The van der Waals surface area contributed by atoms with Gasteiger partial charge in [0, 0.05) is 6.42 Å². The number of nitrogens with zero attached hydrogens (tertiary/aromatic N) is 5. The lowest BCUT2D eigenvalue weighted by atomic mass is 10.1. The number of furan rings is 1. The van der Waals surface area contributed by atoms with Crippen molar-refractivity contribution < 1.29 is 4.42 Å². The molecule has 0 unspecified atom stereocenters. The van der Waals surface area contributed by atoms with E-state index in [1.165, 1.54) is 28.0 Å². The van der Waals surface area contributed by atoms with E-state index in [1.54, 1.807) is 6.26 Å². The smallest absolute Gasteiger partial charge is 0.217 e. The SMILES string of the molecule is Cc1occc1-c1nnc(Sc2nc(CC(C)C)ns2)n1N. The third-order valence-electron chi connectivity index (χ3n) is 2.98. The maximum Gasteiger partial charge on any atom is 0.217 e. The molecular weight excluding hydrogens is 320 g/mol. The molecule has 0 spiro atoms. The Labute approximate surface area is 136 Å². The van der Waals surface area contributed by atoms with Gasteiger partial charge in [-0.25, -0.2) is 9.66 Å². The van der Waals surface area contributed by atoms with Crippen LogP contribution < -0.4 is 5.84 Å². The van der Waals surface area contributed by atoms with Crippen LogP contribution in [0.2, 0.25) is 0 Å². The quantitative estimate of drug-likeness (QED) is 0.716. The van der Waals surface area contributed by atoms with Crippen molar-refractivity contribution >= 4 is 23.3 Å². The molecule has 3 heterocycles. The van der Waals surface area contributed by atoms with Gasteiger partial charge in [-0.2, -0.15) is 4.37 Å². The minimum atomic E-state index is 0.529. The van der Waals surface area contributed by atoms with Gasteiger partial charge in [-0.15, -0.1) is 10.2 Å². The number of aromatic nitrogens is 5. The zero-order valence-electron chi connectivity index (χ0n) is 12.5. The summed E-state index contributed by atoms with van der Waals surface area (Å²) in [6.07, 6.45) is 2.47. The molecule has 22 heavy (non-hydrogen) atoms. The van der Waals surface area contributed by atoms with Gasteiger partial charge in [0.2, 0.25) is 5.16 Å². The summed E-state index contributed by atoms with van der Waals surface area (Å²) in [7, 11) is 0. The second kappa shape index (κ2) is 6.09. The van der Waals surface area contributed by atoms with Crippen LogP contribution >= 0.6 is 23.3 Å². The highest BCUT2D eigenvalue weighted by molar-refractivity contribution is 8.00. The number of hydrogen-bond donors (Lipinski definition) is 1. The number of nitrogens with two attached hydrogens (primary N) is 1. The maximum atomic E-state index is 6.08. The van der Waals surface area contributed by atoms with Crippen LogP contribution in [0.4, 0.5) is 0 Å². The first kappa shape index (κ1) is 15.0. The predicted molar refractivity (Wildman–Crippen MR) is 85.2 cm³/mol. The summed E-state index contributed by atoms with van der Waals surface area (Å²) < 4.78 is 11.9. The highest BCUT2D eigenvalue weighted by Crippen LogP contribution is 2.30. The average Bonchev–Trinajstić information content (AvgIpc) is 3.14. The molecule has 0 atom stereocenters. The maximum absolute atomic E-state index is 6.08. The van der Waals surface area contributed by atoms with Crippen LogP contribution in [0, 0.1) is 12.8 Å². The molecule has 0 aliphatic carbocycles. The fourth-order valence-corrected chi connectivity index (χ4v) is 3.46. The van der Waals surface area contributed by atoms with E-state index in [-0.39, 0.29) is 0 Å². The van der Waals surface area contributed by atoms with Gasteiger partial charge in [0.1, 0.15) is 11.6 Å². The lowest BCUT2D eigenvalue weighted by Gasteiger charge is -2.01. The van der Waals surface area contributed by atoms with Crippen LogP contribution in [-0.2, 0) is 6.42 Å². The molecule has 2 N–H and O–H groups in total. The number of hydrogen-bond acceptors (Lipinski definition) is 8. The van der Waals surface area contributed by atoms with Crippen molar-refractivity contribution in [3.8, 4) is 11.4 Å². The van der Waals surface area contributed by atoms with E-state index < -0.39 is 0 Å². The largest absolute Gasteiger partial charge is 0.469 e. The summed E-state index contributed by atoms with van der Waals surface area (Å²) in [5, 5.41) is 8.83. The van der Waals surface area contributed by atoms with E-state index in [1.807, 2.05) is 13.0 Å². The highest BCUT2D eigenvalue weighted by atomic mass is 32.2. The van der Waals surface area contributed by atoms with Gasteiger partial charge in [0.15, 0.2) is 10.2 Å². The molecule has 0 aliphatic rings. The van der Waals surface area contributed by atoms with E-state index in [0.29, 0.717) is 16.9 Å². The van der Waals surface area contributed by atoms with Gasteiger partial charge in [-0.05, 0) is 42.2 Å². The van der Waals surface area contributed by atoms with Gasteiger partial charge in [0.05, 0.1) is 11.8 Å². The Hall–Kier alpha value is -1.87. The first-order chi connectivity index (χ1) is 10.5. The van der Waals surface area contributed by atoms with Crippen LogP contribution in [0.1, 0.15) is 25.4 Å². The third-order valence-corrected chi connectivity index (χ3v) is 4.73. The molecule has 3 rings (SSSR count). The summed E-state index contributed by atoms with van der Waals surface area (Å²) >= 11 is 2.72.